The molecule has 240 valence electrons. The number of esters is 1. The standard InChI is InChI=1S/C35H35BrN2O7S/c1-6-42-28-16-23(14-15-26(28)45-20-22-12-10-9-11-13-22)17-30-33(39)38-32(24-18-27(41-5)29(43-7-2)19-25(24)36)31(34(40)44-8-3)21(4)37-35(38)46-30/h9-19,32H,6-8,20H2,1-5H3/b30-17+/t32-/m0/s1. The zero-order valence-corrected chi connectivity index (χ0v) is 28.7. The van der Waals surface area contributed by atoms with Crippen LogP contribution in [0.1, 0.15) is 50.4 Å². The van der Waals surface area contributed by atoms with Crippen LogP contribution in [-0.2, 0) is 16.1 Å². The van der Waals surface area contributed by atoms with Gasteiger partial charge in [-0.15, -0.1) is 0 Å². The van der Waals surface area contributed by atoms with Crippen LogP contribution < -0.4 is 33.8 Å². The molecule has 1 atom stereocenters. The van der Waals surface area contributed by atoms with Crippen molar-refractivity contribution in [1.82, 2.24) is 4.57 Å². The number of fused-ring (bicyclic) bond motifs is 1. The number of ether oxygens (including phenoxy) is 5. The van der Waals surface area contributed by atoms with Gasteiger partial charge in [0, 0.05) is 4.47 Å². The largest absolute Gasteiger partial charge is 0.493 e. The lowest BCUT2D eigenvalue weighted by atomic mass is 9.95. The van der Waals surface area contributed by atoms with Gasteiger partial charge < -0.3 is 23.7 Å². The normalized spacial score (nSPS) is 14.4. The fourth-order valence-corrected chi connectivity index (χ4v) is 6.75. The molecule has 0 N–H and O–H groups in total. The van der Waals surface area contributed by atoms with Crippen LogP contribution in [0.25, 0.3) is 6.08 Å². The molecule has 0 unspecified atom stereocenters. The first-order valence-electron chi connectivity index (χ1n) is 14.9. The molecule has 0 radical (unpaired) electrons. The summed E-state index contributed by atoms with van der Waals surface area (Å²) in [7, 11) is 1.54. The molecule has 1 aromatic heterocycles. The van der Waals surface area contributed by atoms with Gasteiger partial charge in [0.25, 0.3) is 5.56 Å². The summed E-state index contributed by atoms with van der Waals surface area (Å²) in [4.78, 5) is 32.7. The van der Waals surface area contributed by atoms with Crippen LogP contribution in [0.4, 0.5) is 0 Å². The Balaban J connectivity index is 1.61. The number of carbonyl (C=O) groups excluding carboxylic acids is 1. The molecule has 9 nitrogen and oxygen atoms in total. The predicted molar refractivity (Wildman–Crippen MR) is 181 cm³/mol. The minimum atomic E-state index is -0.829. The van der Waals surface area contributed by atoms with Crippen molar-refractivity contribution in [2.24, 2.45) is 4.99 Å². The van der Waals surface area contributed by atoms with E-state index < -0.39 is 12.0 Å². The molecule has 0 amide bonds. The maximum absolute atomic E-state index is 14.2. The van der Waals surface area contributed by atoms with E-state index in [4.69, 9.17) is 23.7 Å². The van der Waals surface area contributed by atoms with Gasteiger partial charge in [-0.1, -0.05) is 63.7 Å². The first-order chi connectivity index (χ1) is 22.3. The van der Waals surface area contributed by atoms with Crippen LogP contribution in [0.2, 0.25) is 0 Å². The fraction of sp³-hybridized carbons (Fsp3) is 0.286. The molecule has 0 fully saturated rings. The lowest BCUT2D eigenvalue weighted by Crippen LogP contribution is -2.40. The molecule has 3 aromatic carbocycles. The van der Waals surface area contributed by atoms with Crippen molar-refractivity contribution in [3.05, 3.63) is 113 Å². The van der Waals surface area contributed by atoms with E-state index in [1.165, 1.54) is 15.9 Å². The highest BCUT2D eigenvalue weighted by atomic mass is 79.9. The second-order valence-corrected chi connectivity index (χ2v) is 12.0. The number of aromatic nitrogens is 1. The van der Waals surface area contributed by atoms with E-state index in [2.05, 4.69) is 20.9 Å². The number of methoxy groups -OCH3 is 1. The van der Waals surface area contributed by atoms with E-state index in [1.807, 2.05) is 62.4 Å². The molecule has 0 aliphatic carbocycles. The van der Waals surface area contributed by atoms with Crippen LogP contribution in [0.15, 0.2) is 86.2 Å². The molecular weight excluding hydrogens is 672 g/mol. The van der Waals surface area contributed by atoms with Crippen molar-refractivity contribution in [3.63, 3.8) is 0 Å². The Morgan fingerprint density at radius 1 is 0.935 bits per heavy atom. The highest BCUT2D eigenvalue weighted by Gasteiger charge is 2.35. The van der Waals surface area contributed by atoms with E-state index in [0.29, 0.717) is 67.9 Å². The summed E-state index contributed by atoms with van der Waals surface area (Å²) in [5.74, 6) is 1.64. The number of allylic oxidation sites excluding steroid dienone is 1. The summed E-state index contributed by atoms with van der Waals surface area (Å²) in [6.07, 6.45) is 1.79. The van der Waals surface area contributed by atoms with Crippen molar-refractivity contribution in [3.8, 4) is 23.0 Å². The first-order valence-corrected chi connectivity index (χ1v) is 16.5. The Morgan fingerprint density at radius 3 is 2.33 bits per heavy atom. The maximum Gasteiger partial charge on any atom is 0.338 e. The number of carbonyl (C=O) groups is 1. The lowest BCUT2D eigenvalue weighted by Gasteiger charge is -2.26. The summed E-state index contributed by atoms with van der Waals surface area (Å²) >= 11 is 4.90. The van der Waals surface area contributed by atoms with E-state index in [-0.39, 0.29) is 17.7 Å². The molecule has 2 heterocycles. The number of halogens is 1. The molecule has 0 saturated carbocycles. The van der Waals surface area contributed by atoms with Gasteiger partial charge in [-0.05, 0) is 74.7 Å². The molecule has 0 bridgehead atoms. The molecule has 1 aliphatic heterocycles. The quantitative estimate of drug-likeness (QED) is 0.168. The third-order valence-electron chi connectivity index (χ3n) is 7.20. The van der Waals surface area contributed by atoms with Gasteiger partial charge in [-0.3, -0.25) is 9.36 Å². The van der Waals surface area contributed by atoms with Gasteiger partial charge in [-0.25, -0.2) is 9.79 Å². The molecule has 1 aliphatic rings. The summed E-state index contributed by atoms with van der Waals surface area (Å²) in [6, 6.07) is 18.2. The maximum atomic E-state index is 14.2. The van der Waals surface area contributed by atoms with Crippen molar-refractivity contribution in [1.29, 1.82) is 0 Å². The molecule has 0 spiro atoms. The van der Waals surface area contributed by atoms with Crippen molar-refractivity contribution >= 4 is 39.3 Å². The topological polar surface area (TPSA) is 97.6 Å². The zero-order valence-electron chi connectivity index (χ0n) is 26.3. The molecule has 46 heavy (non-hydrogen) atoms. The summed E-state index contributed by atoms with van der Waals surface area (Å²) in [5, 5.41) is 0. The predicted octanol–water partition coefficient (Wildman–Crippen LogP) is 5.95. The van der Waals surface area contributed by atoms with Crippen LogP contribution in [-0.4, -0.2) is 37.5 Å². The van der Waals surface area contributed by atoms with Crippen LogP contribution in [0.3, 0.4) is 0 Å². The number of thiazole rings is 1. The van der Waals surface area contributed by atoms with E-state index in [9.17, 15) is 9.59 Å². The molecule has 0 saturated heterocycles. The van der Waals surface area contributed by atoms with Gasteiger partial charge >= 0.3 is 5.97 Å². The highest BCUT2D eigenvalue weighted by molar-refractivity contribution is 9.10. The van der Waals surface area contributed by atoms with Gasteiger partial charge in [0.1, 0.15) is 6.61 Å². The number of hydrogen-bond donors (Lipinski definition) is 0. The van der Waals surface area contributed by atoms with Gasteiger partial charge in [0.2, 0.25) is 0 Å². The minimum Gasteiger partial charge on any atom is -0.493 e. The van der Waals surface area contributed by atoms with Crippen LogP contribution in [0.5, 0.6) is 23.0 Å². The average molecular weight is 708 g/mol. The van der Waals surface area contributed by atoms with Crippen molar-refractivity contribution in [2.45, 2.75) is 40.3 Å². The number of rotatable bonds is 12. The second-order valence-electron chi connectivity index (χ2n) is 10.2. The number of benzene rings is 3. The highest BCUT2D eigenvalue weighted by Crippen LogP contribution is 2.41. The molecule has 5 rings (SSSR count). The Morgan fingerprint density at radius 2 is 1.65 bits per heavy atom. The Hall–Kier alpha value is -4.35. The minimum absolute atomic E-state index is 0.174. The first kappa shape index (κ1) is 33.0. The monoisotopic (exact) mass is 706 g/mol. The Kier molecular flexibility index (Phi) is 10.6. The summed E-state index contributed by atoms with van der Waals surface area (Å²) in [5.41, 5.74) is 2.86. The Bertz CT molecular complexity index is 1950. The molecule has 4 aromatic rings. The third kappa shape index (κ3) is 6.90. The van der Waals surface area contributed by atoms with Gasteiger partial charge in [0.05, 0.1) is 48.8 Å². The Labute approximate surface area is 279 Å². The third-order valence-corrected chi connectivity index (χ3v) is 8.87. The van der Waals surface area contributed by atoms with Crippen molar-refractivity contribution in [2.75, 3.05) is 26.9 Å². The molecular formula is C35H35BrN2O7S. The molecule has 11 heteroatoms. The van der Waals surface area contributed by atoms with E-state index in [0.717, 1.165) is 11.1 Å². The van der Waals surface area contributed by atoms with Crippen molar-refractivity contribution < 1.29 is 28.5 Å². The van der Waals surface area contributed by atoms with Crippen LogP contribution >= 0.6 is 27.3 Å². The van der Waals surface area contributed by atoms with Crippen LogP contribution in [0, 0.1) is 0 Å². The van der Waals surface area contributed by atoms with Gasteiger partial charge in [-0.2, -0.15) is 0 Å². The SMILES string of the molecule is CCOC(=O)C1=C(C)N=c2s/c(=C/c3ccc(OCc4ccccc4)c(OCC)c3)c(=O)n2[C@H]1c1cc(OC)c(OCC)cc1Br. The fourth-order valence-electron chi connectivity index (χ4n) is 5.16. The summed E-state index contributed by atoms with van der Waals surface area (Å²) < 4.78 is 31.4. The lowest BCUT2D eigenvalue weighted by molar-refractivity contribution is -0.139. The number of hydrogen-bond acceptors (Lipinski definition) is 9. The van der Waals surface area contributed by atoms with E-state index in [1.54, 1.807) is 39.2 Å². The average Bonchev–Trinajstić information content (AvgIpc) is 3.34. The van der Waals surface area contributed by atoms with Gasteiger partial charge in [0.15, 0.2) is 27.8 Å². The second kappa shape index (κ2) is 14.8. The number of nitrogens with zero attached hydrogens (tertiary/aromatic N) is 2. The smallest absolute Gasteiger partial charge is 0.338 e. The zero-order chi connectivity index (χ0) is 32.8. The van der Waals surface area contributed by atoms with E-state index >= 15 is 0 Å². The summed E-state index contributed by atoms with van der Waals surface area (Å²) in [6.45, 7) is 8.73.